The van der Waals surface area contributed by atoms with Crippen molar-refractivity contribution < 1.29 is 26.7 Å². The van der Waals surface area contributed by atoms with E-state index in [1.165, 1.54) is 19.1 Å². The van der Waals surface area contributed by atoms with Crippen molar-refractivity contribution in [3.63, 3.8) is 0 Å². The highest BCUT2D eigenvalue weighted by Crippen LogP contribution is 2.38. The quantitative estimate of drug-likeness (QED) is 0.467. The van der Waals surface area contributed by atoms with Gasteiger partial charge < -0.3 is 15.2 Å². The van der Waals surface area contributed by atoms with Crippen molar-refractivity contribution >= 4 is 5.91 Å². The highest BCUT2D eigenvalue weighted by Gasteiger charge is 2.41. The SMILES string of the molecule is CC(C)c1c(-c2ccc(F)c(F)c2)nc2n1CCN(C(=O)CN)C2(C)C.Cc1cc(C(F)(F)F)ccn1. The van der Waals surface area contributed by atoms with Crippen LogP contribution in [0, 0.1) is 18.6 Å². The van der Waals surface area contributed by atoms with Gasteiger partial charge in [-0.15, -0.1) is 0 Å². The van der Waals surface area contributed by atoms with Crippen molar-refractivity contribution in [3.8, 4) is 11.3 Å². The third kappa shape index (κ3) is 5.82. The molecule has 0 bridgehead atoms. The second-order valence-corrected chi connectivity index (χ2v) is 9.60. The van der Waals surface area contributed by atoms with Crippen molar-refractivity contribution in [3.05, 3.63) is 70.9 Å². The van der Waals surface area contributed by atoms with Crippen molar-refractivity contribution in [1.82, 2.24) is 19.4 Å². The molecule has 1 aliphatic rings. The van der Waals surface area contributed by atoms with E-state index < -0.39 is 28.9 Å². The zero-order valence-electron chi connectivity index (χ0n) is 21.3. The van der Waals surface area contributed by atoms with Crippen LogP contribution in [-0.2, 0) is 23.1 Å². The van der Waals surface area contributed by atoms with Crippen molar-refractivity contribution in [1.29, 1.82) is 0 Å². The molecule has 0 saturated heterocycles. The molecule has 0 aliphatic carbocycles. The Kier molecular flexibility index (Phi) is 8.06. The monoisotopic (exact) mass is 523 g/mol. The van der Waals surface area contributed by atoms with Gasteiger partial charge in [0.25, 0.3) is 0 Å². The molecule has 0 radical (unpaired) electrons. The van der Waals surface area contributed by atoms with Crippen LogP contribution in [0.2, 0.25) is 0 Å². The Labute approximate surface area is 212 Å². The number of halogens is 5. The van der Waals surface area contributed by atoms with E-state index in [4.69, 9.17) is 10.7 Å². The maximum atomic E-state index is 13.8. The minimum Gasteiger partial charge on any atom is -0.327 e. The molecule has 0 saturated carbocycles. The number of imidazole rings is 1. The lowest BCUT2D eigenvalue weighted by Crippen LogP contribution is -2.53. The summed E-state index contributed by atoms with van der Waals surface area (Å²) >= 11 is 0. The van der Waals surface area contributed by atoms with Gasteiger partial charge in [0, 0.05) is 36.2 Å². The van der Waals surface area contributed by atoms with E-state index >= 15 is 0 Å². The Bertz CT molecular complexity index is 1280. The van der Waals surface area contributed by atoms with E-state index in [0.717, 1.165) is 35.9 Å². The first-order valence-corrected chi connectivity index (χ1v) is 11.7. The molecule has 37 heavy (non-hydrogen) atoms. The zero-order valence-corrected chi connectivity index (χ0v) is 21.3. The molecule has 0 atom stereocenters. The Morgan fingerprint density at radius 3 is 2.30 bits per heavy atom. The van der Waals surface area contributed by atoms with Gasteiger partial charge in [0.1, 0.15) is 5.82 Å². The topological polar surface area (TPSA) is 77.0 Å². The van der Waals surface area contributed by atoms with Crippen LogP contribution < -0.4 is 5.73 Å². The summed E-state index contributed by atoms with van der Waals surface area (Å²) in [5, 5.41) is 0. The minimum atomic E-state index is -4.26. The third-order valence-corrected chi connectivity index (χ3v) is 6.22. The fourth-order valence-electron chi connectivity index (χ4n) is 4.47. The molecule has 0 fully saturated rings. The molecule has 3 aromatic rings. The van der Waals surface area contributed by atoms with Gasteiger partial charge in [-0.3, -0.25) is 9.78 Å². The maximum Gasteiger partial charge on any atom is 0.416 e. The molecule has 1 aromatic carbocycles. The molecule has 1 amide bonds. The Morgan fingerprint density at radius 1 is 1.11 bits per heavy atom. The molecule has 1 aliphatic heterocycles. The fourth-order valence-corrected chi connectivity index (χ4v) is 4.47. The fraction of sp³-hybridized carbons (Fsp3) is 0.423. The molecule has 11 heteroatoms. The standard InChI is InChI=1S/C19H24F2N4O.C7H6F3N/c1-11(2)17-16(12-5-6-13(20)14(21)9-12)23-18-19(3,4)25(15(26)10-22)8-7-24(17)18;1-5-4-6(2-3-11-5)7(8,9)10/h5-6,9,11H,7-8,10,22H2,1-4H3;2-4H,1H3. The second-order valence-electron chi connectivity index (χ2n) is 9.60. The number of rotatable bonds is 3. The number of nitrogens with zero attached hydrogens (tertiary/aromatic N) is 4. The number of aromatic nitrogens is 3. The van der Waals surface area contributed by atoms with Gasteiger partial charge in [-0.25, -0.2) is 13.8 Å². The number of fused-ring (bicyclic) bond motifs is 1. The lowest BCUT2D eigenvalue weighted by atomic mass is 9.98. The number of aryl methyl sites for hydroxylation is 1. The van der Waals surface area contributed by atoms with Crippen molar-refractivity contribution in [2.45, 2.75) is 58.8 Å². The predicted molar refractivity (Wildman–Crippen MR) is 129 cm³/mol. The van der Waals surface area contributed by atoms with Crippen LogP contribution in [0.4, 0.5) is 22.0 Å². The van der Waals surface area contributed by atoms with Gasteiger partial charge in [-0.1, -0.05) is 13.8 Å². The molecule has 2 aromatic heterocycles. The van der Waals surface area contributed by atoms with Gasteiger partial charge in [0.05, 0.1) is 23.3 Å². The first kappa shape index (κ1) is 28.2. The first-order chi connectivity index (χ1) is 17.2. The van der Waals surface area contributed by atoms with E-state index in [0.29, 0.717) is 30.0 Å². The average molecular weight is 524 g/mol. The molecule has 3 heterocycles. The highest BCUT2D eigenvalue weighted by molar-refractivity contribution is 5.79. The van der Waals surface area contributed by atoms with E-state index in [1.807, 2.05) is 27.7 Å². The maximum absolute atomic E-state index is 13.8. The molecule has 2 N–H and O–H groups in total. The van der Waals surface area contributed by atoms with Crippen LogP contribution in [0.15, 0.2) is 36.5 Å². The summed E-state index contributed by atoms with van der Waals surface area (Å²) in [7, 11) is 0. The average Bonchev–Trinajstić information content (AvgIpc) is 3.22. The summed E-state index contributed by atoms with van der Waals surface area (Å²) in [6.07, 6.45) is -3.11. The Balaban J connectivity index is 0.000000289. The lowest BCUT2D eigenvalue weighted by Gasteiger charge is -2.42. The second kappa shape index (κ2) is 10.6. The Morgan fingerprint density at radius 2 is 1.78 bits per heavy atom. The molecule has 0 unspecified atom stereocenters. The number of benzene rings is 1. The zero-order chi connectivity index (χ0) is 27.7. The first-order valence-electron chi connectivity index (χ1n) is 11.7. The van der Waals surface area contributed by atoms with Gasteiger partial charge in [0.15, 0.2) is 11.6 Å². The minimum absolute atomic E-state index is 0.0583. The van der Waals surface area contributed by atoms with Crippen LogP contribution in [0.25, 0.3) is 11.3 Å². The predicted octanol–water partition coefficient (Wildman–Crippen LogP) is 5.40. The van der Waals surface area contributed by atoms with Gasteiger partial charge in [-0.2, -0.15) is 13.2 Å². The molecule has 6 nitrogen and oxygen atoms in total. The molecular formula is C26H30F5N5O. The molecule has 200 valence electrons. The van der Waals surface area contributed by atoms with Gasteiger partial charge in [-0.05, 0) is 57.0 Å². The number of amides is 1. The van der Waals surface area contributed by atoms with Crippen LogP contribution >= 0.6 is 0 Å². The summed E-state index contributed by atoms with van der Waals surface area (Å²) in [6.45, 7) is 10.5. The summed E-state index contributed by atoms with van der Waals surface area (Å²) in [4.78, 5) is 22.4. The number of carbonyl (C=O) groups is 1. The molecule has 0 spiro atoms. The van der Waals surface area contributed by atoms with Crippen molar-refractivity contribution in [2.75, 3.05) is 13.1 Å². The number of nitrogens with two attached hydrogens (primary N) is 1. The summed E-state index contributed by atoms with van der Waals surface area (Å²) in [5.41, 5.74) is 6.75. The van der Waals surface area contributed by atoms with Gasteiger partial charge in [0.2, 0.25) is 5.91 Å². The Hall–Kier alpha value is -3.34. The largest absolute Gasteiger partial charge is 0.416 e. The van der Waals surface area contributed by atoms with Crippen LogP contribution in [-0.4, -0.2) is 38.4 Å². The van der Waals surface area contributed by atoms with Crippen LogP contribution in [0.3, 0.4) is 0 Å². The van der Waals surface area contributed by atoms with E-state index in [9.17, 15) is 26.7 Å². The van der Waals surface area contributed by atoms with E-state index in [1.54, 1.807) is 4.90 Å². The van der Waals surface area contributed by atoms with Gasteiger partial charge >= 0.3 is 6.18 Å². The highest BCUT2D eigenvalue weighted by atomic mass is 19.4. The summed E-state index contributed by atoms with van der Waals surface area (Å²) in [5.74, 6) is -1.06. The number of pyridine rings is 1. The third-order valence-electron chi connectivity index (χ3n) is 6.22. The summed E-state index contributed by atoms with van der Waals surface area (Å²) in [6, 6.07) is 5.79. The number of hydrogen-bond acceptors (Lipinski definition) is 4. The lowest BCUT2D eigenvalue weighted by molar-refractivity contribution is -0.138. The van der Waals surface area contributed by atoms with Crippen LogP contribution in [0.5, 0.6) is 0 Å². The molecule has 4 rings (SSSR count). The number of alkyl halides is 3. The summed E-state index contributed by atoms with van der Waals surface area (Å²) < 4.78 is 65.0. The van der Waals surface area contributed by atoms with Crippen molar-refractivity contribution in [2.24, 2.45) is 5.73 Å². The molecular weight excluding hydrogens is 493 g/mol. The smallest absolute Gasteiger partial charge is 0.327 e. The van der Waals surface area contributed by atoms with E-state index in [2.05, 4.69) is 9.55 Å². The van der Waals surface area contributed by atoms with Crippen LogP contribution in [0.1, 0.15) is 56.4 Å². The number of carbonyl (C=O) groups excluding carboxylic acids is 1. The van der Waals surface area contributed by atoms with E-state index in [-0.39, 0.29) is 18.4 Å². The number of hydrogen-bond donors (Lipinski definition) is 1. The normalized spacial score (nSPS) is 14.8.